The molecule has 9 heavy (non-hydrogen) atoms. The zero-order chi connectivity index (χ0) is 6.69. The van der Waals surface area contributed by atoms with Gasteiger partial charge in [-0.05, 0) is 24.7 Å². The zero-order valence-corrected chi connectivity index (χ0v) is 5.97. The van der Waals surface area contributed by atoms with Crippen LogP contribution in [0.5, 0.6) is 0 Å². The third kappa shape index (κ3) is 1.81. The molecule has 2 atom stereocenters. The van der Waals surface area contributed by atoms with Crippen LogP contribution in [0.2, 0.25) is 0 Å². The van der Waals surface area contributed by atoms with Crippen molar-refractivity contribution < 1.29 is 4.79 Å². The Labute approximate surface area is 56.4 Å². The van der Waals surface area contributed by atoms with Crippen LogP contribution in [0.4, 0.5) is 0 Å². The van der Waals surface area contributed by atoms with Gasteiger partial charge >= 0.3 is 0 Å². The Morgan fingerprint density at radius 1 is 1.56 bits per heavy atom. The van der Waals surface area contributed by atoms with E-state index in [4.69, 9.17) is 0 Å². The first-order chi connectivity index (χ1) is 4.38. The van der Waals surface area contributed by atoms with Crippen LogP contribution in [0.15, 0.2) is 0 Å². The van der Waals surface area contributed by atoms with Gasteiger partial charge in [-0.1, -0.05) is 13.3 Å². The van der Waals surface area contributed by atoms with E-state index in [1.807, 2.05) is 0 Å². The van der Waals surface area contributed by atoms with Crippen molar-refractivity contribution in [3.63, 3.8) is 0 Å². The average molecular weight is 126 g/mol. The molecule has 1 heteroatoms. The lowest BCUT2D eigenvalue weighted by Gasteiger charge is -1.89. The highest BCUT2D eigenvalue weighted by molar-refractivity contribution is 5.49. The first-order valence-electron chi connectivity index (χ1n) is 3.82. The highest BCUT2D eigenvalue weighted by Gasteiger charge is 2.33. The maximum absolute atomic E-state index is 9.93. The summed E-state index contributed by atoms with van der Waals surface area (Å²) in [6.45, 7) is 2.23. The lowest BCUT2D eigenvalue weighted by molar-refractivity contribution is -0.108. The molecule has 1 nitrogen and oxygen atoms in total. The molecule has 1 aliphatic carbocycles. The molecule has 0 saturated heterocycles. The largest absolute Gasteiger partial charge is 0.303 e. The van der Waals surface area contributed by atoms with Gasteiger partial charge in [0.15, 0.2) is 0 Å². The predicted molar refractivity (Wildman–Crippen MR) is 37.2 cm³/mol. The molecule has 0 bridgehead atoms. The maximum atomic E-state index is 9.93. The molecule has 0 radical (unpaired) electrons. The van der Waals surface area contributed by atoms with E-state index in [2.05, 4.69) is 6.92 Å². The van der Waals surface area contributed by atoms with Gasteiger partial charge < -0.3 is 4.79 Å². The SMILES string of the molecule is CCC1CC1CCC=O. The van der Waals surface area contributed by atoms with Crippen LogP contribution in [0.25, 0.3) is 0 Å². The van der Waals surface area contributed by atoms with Gasteiger partial charge in [0, 0.05) is 6.42 Å². The fraction of sp³-hybridized carbons (Fsp3) is 0.875. The second-order valence-corrected chi connectivity index (χ2v) is 2.91. The minimum Gasteiger partial charge on any atom is -0.303 e. The molecule has 1 rings (SSSR count). The van der Waals surface area contributed by atoms with E-state index in [1.54, 1.807) is 0 Å². The number of aldehydes is 1. The molecule has 0 aromatic heterocycles. The molecule has 0 aromatic rings. The minimum absolute atomic E-state index is 0.779. The Balaban J connectivity index is 1.98. The Hall–Kier alpha value is -0.330. The number of hydrogen-bond donors (Lipinski definition) is 0. The molecule has 2 unspecified atom stereocenters. The molecule has 0 spiro atoms. The summed E-state index contributed by atoms with van der Waals surface area (Å²) in [6, 6.07) is 0. The fourth-order valence-corrected chi connectivity index (χ4v) is 1.45. The minimum atomic E-state index is 0.779. The summed E-state index contributed by atoms with van der Waals surface area (Å²) in [7, 11) is 0. The van der Waals surface area contributed by atoms with Crippen molar-refractivity contribution in [3.8, 4) is 0 Å². The molecular weight excluding hydrogens is 112 g/mol. The van der Waals surface area contributed by atoms with Crippen molar-refractivity contribution >= 4 is 6.29 Å². The Morgan fingerprint density at radius 3 is 2.78 bits per heavy atom. The summed E-state index contributed by atoms with van der Waals surface area (Å²) in [4.78, 5) is 9.93. The van der Waals surface area contributed by atoms with Crippen LogP contribution < -0.4 is 0 Å². The fourth-order valence-electron chi connectivity index (χ4n) is 1.45. The topological polar surface area (TPSA) is 17.1 Å². The summed E-state index contributed by atoms with van der Waals surface area (Å²) in [5.41, 5.74) is 0. The van der Waals surface area contributed by atoms with Gasteiger partial charge in [-0.25, -0.2) is 0 Å². The van der Waals surface area contributed by atoms with Crippen molar-refractivity contribution in [2.75, 3.05) is 0 Å². The van der Waals surface area contributed by atoms with E-state index in [0.717, 1.165) is 31.0 Å². The third-order valence-corrected chi connectivity index (χ3v) is 2.25. The van der Waals surface area contributed by atoms with E-state index in [1.165, 1.54) is 12.8 Å². The summed E-state index contributed by atoms with van der Waals surface area (Å²) < 4.78 is 0. The standard InChI is InChI=1S/C8H14O/c1-2-7-6-8(7)4-3-5-9/h5,7-8H,2-4,6H2,1H3. The first-order valence-corrected chi connectivity index (χ1v) is 3.82. The van der Waals surface area contributed by atoms with Gasteiger partial charge in [0.05, 0.1) is 0 Å². The van der Waals surface area contributed by atoms with Gasteiger partial charge in [0.25, 0.3) is 0 Å². The summed E-state index contributed by atoms with van der Waals surface area (Å²) in [6.07, 6.45) is 5.64. The smallest absolute Gasteiger partial charge is 0.120 e. The predicted octanol–water partition coefficient (Wildman–Crippen LogP) is 2.01. The lowest BCUT2D eigenvalue weighted by atomic mass is 10.2. The van der Waals surface area contributed by atoms with E-state index in [-0.39, 0.29) is 0 Å². The third-order valence-electron chi connectivity index (χ3n) is 2.25. The Morgan fingerprint density at radius 2 is 2.33 bits per heavy atom. The molecular formula is C8H14O. The average Bonchev–Trinajstić information content (AvgIpc) is 2.62. The van der Waals surface area contributed by atoms with Gasteiger partial charge in [-0.15, -0.1) is 0 Å². The van der Waals surface area contributed by atoms with Crippen molar-refractivity contribution in [1.82, 2.24) is 0 Å². The van der Waals surface area contributed by atoms with Gasteiger partial charge in [-0.3, -0.25) is 0 Å². The van der Waals surface area contributed by atoms with E-state index in [0.29, 0.717) is 0 Å². The van der Waals surface area contributed by atoms with Gasteiger partial charge in [0.1, 0.15) is 6.29 Å². The molecule has 52 valence electrons. The van der Waals surface area contributed by atoms with Crippen molar-refractivity contribution in [2.45, 2.75) is 32.6 Å². The van der Waals surface area contributed by atoms with Crippen LogP contribution in [0.3, 0.4) is 0 Å². The molecule has 0 aromatic carbocycles. The van der Waals surface area contributed by atoms with Gasteiger partial charge in [-0.2, -0.15) is 0 Å². The van der Waals surface area contributed by atoms with Crippen molar-refractivity contribution in [1.29, 1.82) is 0 Å². The molecule has 0 aliphatic heterocycles. The second-order valence-electron chi connectivity index (χ2n) is 2.91. The van der Waals surface area contributed by atoms with Crippen LogP contribution in [-0.2, 0) is 4.79 Å². The van der Waals surface area contributed by atoms with Crippen molar-refractivity contribution in [3.05, 3.63) is 0 Å². The quantitative estimate of drug-likeness (QED) is 0.526. The molecule has 0 N–H and O–H groups in total. The number of rotatable bonds is 4. The monoisotopic (exact) mass is 126 g/mol. The molecule has 1 fully saturated rings. The summed E-state index contributed by atoms with van der Waals surface area (Å²) >= 11 is 0. The van der Waals surface area contributed by atoms with E-state index < -0.39 is 0 Å². The molecule has 1 saturated carbocycles. The van der Waals surface area contributed by atoms with Crippen LogP contribution >= 0.6 is 0 Å². The second kappa shape index (κ2) is 3.00. The van der Waals surface area contributed by atoms with Crippen LogP contribution in [0.1, 0.15) is 32.6 Å². The van der Waals surface area contributed by atoms with Gasteiger partial charge in [0.2, 0.25) is 0 Å². The maximum Gasteiger partial charge on any atom is 0.120 e. The Kier molecular flexibility index (Phi) is 2.26. The highest BCUT2D eigenvalue weighted by Crippen LogP contribution is 2.43. The normalized spacial score (nSPS) is 32.1. The first kappa shape index (κ1) is 6.79. The zero-order valence-electron chi connectivity index (χ0n) is 5.97. The Bertz CT molecular complexity index is 98.7. The lowest BCUT2D eigenvalue weighted by Crippen LogP contribution is -1.81. The van der Waals surface area contributed by atoms with E-state index >= 15 is 0 Å². The van der Waals surface area contributed by atoms with Crippen LogP contribution in [-0.4, -0.2) is 6.29 Å². The molecule has 0 amide bonds. The van der Waals surface area contributed by atoms with Crippen LogP contribution in [0, 0.1) is 11.8 Å². The summed E-state index contributed by atoms with van der Waals surface area (Å²) in [5.74, 6) is 1.87. The number of hydrogen-bond acceptors (Lipinski definition) is 1. The van der Waals surface area contributed by atoms with Crippen molar-refractivity contribution in [2.24, 2.45) is 11.8 Å². The molecule has 0 heterocycles. The molecule has 1 aliphatic rings. The summed E-state index contributed by atoms with van der Waals surface area (Å²) in [5, 5.41) is 0. The van der Waals surface area contributed by atoms with E-state index in [9.17, 15) is 4.79 Å². The highest BCUT2D eigenvalue weighted by atomic mass is 16.1. The number of carbonyl (C=O) groups excluding carboxylic acids is 1. The number of carbonyl (C=O) groups is 1.